The summed E-state index contributed by atoms with van der Waals surface area (Å²) in [5, 5.41) is 0. The zero-order valence-electron chi connectivity index (χ0n) is 11.7. The molecule has 1 aromatic carbocycles. The topological polar surface area (TPSA) is 107 Å². The number of nitrogens with two attached hydrogens (primary N) is 1. The van der Waals surface area contributed by atoms with Gasteiger partial charge in [0.05, 0.1) is 5.56 Å². The lowest BCUT2D eigenvalue weighted by atomic mass is 9.88. The van der Waals surface area contributed by atoms with Gasteiger partial charge < -0.3 is 10.5 Å². The van der Waals surface area contributed by atoms with Crippen LogP contribution < -0.4 is 5.73 Å². The van der Waals surface area contributed by atoms with Gasteiger partial charge >= 0.3 is 5.97 Å². The lowest BCUT2D eigenvalue weighted by Gasteiger charge is -2.26. The molecule has 0 aliphatic rings. The van der Waals surface area contributed by atoms with E-state index in [9.17, 15) is 13.2 Å². The highest BCUT2D eigenvalue weighted by Crippen LogP contribution is 2.19. The van der Waals surface area contributed by atoms with Crippen molar-refractivity contribution in [3.05, 3.63) is 29.8 Å². The van der Waals surface area contributed by atoms with Crippen molar-refractivity contribution in [2.45, 2.75) is 31.7 Å². The monoisotopic (exact) mass is 301 g/mol. The molecule has 3 N–H and O–H groups in total. The van der Waals surface area contributed by atoms with Crippen molar-refractivity contribution < 1.29 is 22.5 Å². The van der Waals surface area contributed by atoms with Crippen LogP contribution >= 0.6 is 0 Å². The molecule has 1 rings (SSSR count). The Morgan fingerprint density at radius 2 is 1.90 bits per heavy atom. The van der Waals surface area contributed by atoms with Gasteiger partial charge in [0.15, 0.2) is 0 Å². The van der Waals surface area contributed by atoms with Crippen LogP contribution in [0.25, 0.3) is 0 Å². The maximum Gasteiger partial charge on any atom is 0.339 e. The minimum absolute atomic E-state index is 0.0395. The third-order valence-electron chi connectivity index (χ3n) is 2.89. The molecule has 7 heteroatoms. The first-order valence-electron chi connectivity index (χ1n) is 6.02. The minimum Gasteiger partial charge on any atom is -0.460 e. The van der Waals surface area contributed by atoms with Gasteiger partial charge in [0.2, 0.25) is 0 Å². The predicted octanol–water partition coefficient (Wildman–Crippen LogP) is 1.46. The molecule has 112 valence electrons. The second kappa shape index (κ2) is 5.90. The van der Waals surface area contributed by atoms with E-state index >= 15 is 0 Å². The number of rotatable bonds is 4. The third-order valence-corrected chi connectivity index (χ3v) is 3.80. The Hall–Kier alpha value is -1.44. The van der Waals surface area contributed by atoms with Gasteiger partial charge in [-0.2, -0.15) is 8.42 Å². The first kappa shape index (κ1) is 16.6. The van der Waals surface area contributed by atoms with Gasteiger partial charge in [-0.1, -0.05) is 32.9 Å². The maximum atomic E-state index is 11.9. The van der Waals surface area contributed by atoms with E-state index in [0.29, 0.717) is 0 Å². The van der Waals surface area contributed by atoms with Gasteiger partial charge in [-0.3, -0.25) is 4.55 Å². The highest BCUT2D eigenvalue weighted by atomic mass is 32.2. The van der Waals surface area contributed by atoms with Crippen molar-refractivity contribution in [1.82, 2.24) is 0 Å². The molecule has 0 bridgehead atoms. The van der Waals surface area contributed by atoms with E-state index in [0.717, 1.165) is 6.07 Å². The van der Waals surface area contributed by atoms with Gasteiger partial charge in [0.25, 0.3) is 10.1 Å². The maximum absolute atomic E-state index is 11.9. The average molecular weight is 301 g/mol. The van der Waals surface area contributed by atoms with Crippen molar-refractivity contribution in [3.8, 4) is 0 Å². The second-order valence-corrected chi connectivity index (χ2v) is 6.93. The summed E-state index contributed by atoms with van der Waals surface area (Å²) in [7, 11) is -4.48. The SMILES string of the molecule is CC(C)(C)[C@H](N)COC(=O)c1ccccc1S(=O)(=O)O. The minimum atomic E-state index is -4.48. The average Bonchev–Trinajstić information content (AvgIpc) is 2.33. The predicted molar refractivity (Wildman–Crippen MR) is 74.0 cm³/mol. The molecule has 1 atom stereocenters. The Kier molecular flexibility index (Phi) is 4.90. The number of carbonyl (C=O) groups is 1. The molecule has 0 heterocycles. The Labute approximate surface area is 118 Å². The fourth-order valence-electron chi connectivity index (χ4n) is 1.35. The number of hydrogen-bond acceptors (Lipinski definition) is 5. The normalized spacial score (nSPS) is 13.8. The Bertz CT molecular complexity index is 589. The van der Waals surface area contributed by atoms with Crippen LogP contribution in [0.4, 0.5) is 0 Å². The highest BCUT2D eigenvalue weighted by Gasteiger charge is 2.25. The summed E-state index contributed by atoms with van der Waals surface area (Å²) in [6, 6.07) is 4.91. The van der Waals surface area contributed by atoms with Crippen LogP contribution in [0, 0.1) is 5.41 Å². The Morgan fingerprint density at radius 3 is 2.40 bits per heavy atom. The van der Waals surface area contributed by atoms with Crippen molar-refractivity contribution in [1.29, 1.82) is 0 Å². The standard InChI is InChI=1S/C13H19NO5S/c1-13(2,3)11(14)8-19-12(15)9-6-4-5-7-10(9)20(16,17)18/h4-7,11H,8,14H2,1-3H3,(H,16,17,18)/t11-/m1/s1. The summed E-state index contributed by atoms with van der Waals surface area (Å²) in [6.45, 7) is 5.66. The molecule has 20 heavy (non-hydrogen) atoms. The van der Waals surface area contributed by atoms with Gasteiger partial charge in [-0.15, -0.1) is 0 Å². The summed E-state index contributed by atoms with van der Waals surface area (Å²) in [5.41, 5.74) is 5.40. The van der Waals surface area contributed by atoms with Crippen molar-refractivity contribution in [3.63, 3.8) is 0 Å². The first-order valence-corrected chi connectivity index (χ1v) is 7.46. The molecule has 0 radical (unpaired) electrons. The molecular weight excluding hydrogens is 282 g/mol. The van der Waals surface area contributed by atoms with Crippen molar-refractivity contribution in [2.75, 3.05) is 6.61 Å². The molecular formula is C13H19NO5S. The quantitative estimate of drug-likeness (QED) is 0.644. The van der Waals surface area contributed by atoms with Crippen LogP contribution in [0.1, 0.15) is 31.1 Å². The van der Waals surface area contributed by atoms with Gasteiger partial charge in [0, 0.05) is 6.04 Å². The molecule has 0 unspecified atom stereocenters. The highest BCUT2D eigenvalue weighted by molar-refractivity contribution is 7.86. The Morgan fingerprint density at radius 1 is 1.35 bits per heavy atom. The largest absolute Gasteiger partial charge is 0.460 e. The van der Waals surface area contributed by atoms with E-state index in [-0.39, 0.29) is 23.6 Å². The molecule has 0 aliphatic carbocycles. The van der Waals surface area contributed by atoms with E-state index in [1.807, 2.05) is 20.8 Å². The van der Waals surface area contributed by atoms with Gasteiger partial charge in [0.1, 0.15) is 11.5 Å². The lowest BCUT2D eigenvalue weighted by molar-refractivity contribution is 0.0423. The first-order chi connectivity index (χ1) is 9.03. The van der Waals surface area contributed by atoms with Gasteiger partial charge in [-0.05, 0) is 17.5 Å². The van der Waals surface area contributed by atoms with Gasteiger partial charge in [-0.25, -0.2) is 4.79 Å². The Balaban J connectivity index is 2.90. The fraction of sp³-hybridized carbons (Fsp3) is 0.462. The molecule has 0 spiro atoms. The smallest absolute Gasteiger partial charge is 0.339 e. The summed E-state index contributed by atoms with van der Waals surface area (Å²) >= 11 is 0. The van der Waals surface area contributed by atoms with E-state index in [1.165, 1.54) is 18.2 Å². The molecule has 0 amide bonds. The molecule has 0 saturated heterocycles. The summed E-state index contributed by atoms with van der Waals surface area (Å²) < 4.78 is 36.4. The molecule has 0 saturated carbocycles. The second-order valence-electron chi connectivity index (χ2n) is 5.54. The molecule has 0 aliphatic heterocycles. The number of benzene rings is 1. The van der Waals surface area contributed by atoms with Crippen molar-refractivity contribution >= 4 is 16.1 Å². The van der Waals surface area contributed by atoms with Crippen LogP contribution in [0.5, 0.6) is 0 Å². The van der Waals surface area contributed by atoms with E-state index in [2.05, 4.69) is 0 Å². The molecule has 0 aromatic heterocycles. The fourth-order valence-corrected chi connectivity index (χ4v) is 2.03. The summed E-state index contributed by atoms with van der Waals surface area (Å²) in [4.78, 5) is 11.4. The summed E-state index contributed by atoms with van der Waals surface area (Å²) in [5.74, 6) is -0.835. The molecule has 6 nitrogen and oxygen atoms in total. The van der Waals surface area contributed by atoms with Crippen LogP contribution in [0.15, 0.2) is 29.2 Å². The number of carbonyl (C=O) groups excluding carboxylic acids is 1. The summed E-state index contributed by atoms with van der Waals surface area (Å²) in [6.07, 6.45) is 0. The number of hydrogen-bond donors (Lipinski definition) is 2. The van der Waals surface area contributed by atoms with E-state index in [4.69, 9.17) is 15.0 Å². The zero-order chi connectivity index (χ0) is 15.6. The number of ether oxygens (including phenoxy) is 1. The molecule has 0 fully saturated rings. The zero-order valence-corrected chi connectivity index (χ0v) is 12.5. The lowest BCUT2D eigenvalue weighted by Crippen LogP contribution is -2.39. The van der Waals surface area contributed by atoms with Crippen LogP contribution in [-0.4, -0.2) is 31.6 Å². The molecule has 1 aromatic rings. The van der Waals surface area contributed by atoms with Crippen molar-refractivity contribution in [2.24, 2.45) is 11.1 Å². The van der Waals surface area contributed by atoms with E-state index < -0.39 is 21.0 Å². The van der Waals surface area contributed by atoms with Crippen LogP contribution in [0.3, 0.4) is 0 Å². The van der Waals surface area contributed by atoms with E-state index in [1.54, 1.807) is 0 Å². The van der Waals surface area contributed by atoms with Crippen LogP contribution in [-0.2, 0) is 14.9 Å². The van der Waals surface area contributed by atoms with Crippen LogP contribution in [0.2, 0.25) is 0 Å². The number of esters is 1. The third kappa shape index (κ3) is 4.29.